The molecular weight excluding hydrogens is 231 g/mol. The smallest absolute Gasteiger partial charge is 0.422 e. The van der Waals surface area contributed by atoms with Crippen LogP contribution in [0.25, 0.3) is 0 Å². The summed E-state index contributed by atoms with van der Waals surface area (Å²) in [4.78, 5) is 10.8. The minimum atomic E-state index is -4.55. The molecule has 1 aliphatic heterocycles. The summed E-state index contributed by atoms with van der Waals surface area (Å²) in [5.74, 6) is 0. The fourth-order valence-corrected chi connectivity index (χ4v) is 1.17. The van der Waals surface area contributed by atoms with Gasteiger partial charge in [0.05, 0.1) is 13.2 Å². The van der Waals surface area contributed by atoms with Crippen LogP contribution in [0, 0.1) is 0 Å². The van der Waals surface area contributed by atoms with E-state index in [0.717, 1.165) is 0 Å². The fraction of sp³-hybridized carbons (Fsp3) is 0.875. The molecule has 0 radical (unpaired) electrons. The molecule has 1 atom stereocenters. The van der Waals surface area contributed by atoms with Gasteiger partial charge in [-0.15, -0.1) is 0 Å². The van der Waals surface area contributed by atoms with E-state index in [-0.39, 0.29) is 13.2 Å². The van der Waals surface area contributed by atoms with Gasteiger partial charge in [0.25, 0.3) is 0 Å². The van der Waals surface area contributed by atoms with Gasteiger partial charge in [0, 0.05) is 13.0 Å². The number of aliphatic hydroxyl groups is 1. The Balaban J connectivity index is 2.20. The van der Waals surface area contributed by atoms with Crippen molar-refractivity contribution in [2.45, 2.75) is 18.2 Å². The molecule has 1 heterocycles. The Kier molecular flexibility index (Phi) is 3.98. The highest BCUT2D eigenvalue weighted by molar-refractivity contribution is 5.67. The first-order chi connectivity index (χ1) is 7.31. The van der Waals surface area contributed by atoms with E-state index in [4.69, 9.17) is 4.74 Å². The first-order valence-corrected chi connectivity index (χ1v) is 4.58. The molecule has 1 fully saturated rings. The number of halogens is 3. The molecule has 0 spiro atoms. The summed E-state index contributed by atoms with van der Waals surface area (Å²) in [6, 6.07) is 0. The zero-order valence-electron chi connectivity index (χ0n) is 8.34. The van der Waals surface area contributed by atoms with Crippen molar-refractivity contribution in [3.05, 3.63) is 0 Å². The summed E-state index contributed by atoms with van der Waals surface area (Å²) in [6.45, 7) is -1.43. The molecule has 0 aromatic carbocycles. The SMILES string of the molecule is O=C(NCC1(O)CCOC1)OCC(F)(F)F. The lowest BCUT2D eigenvalue weighted by atomic mass is 10.0. The predicted molar refractivity (Wildman–Crippen MR) is 45.8 cm³/mol. The number of alkyl halides is 3. The maximum absolute atomic E-state index is 11.7. The second-order valence-electron chi connectivity index (χ2n) is 3.57. The fourth-order valence-electron chi connectivity index (χ4n) is 1.17. The van der Waals surface area contributed by atoms with Crippen LogP contribution in [-0.2, 0) is 9.47 Å². The maximum atomic E-state index is 11.7. The van der Waals surface area contributed by atoms with Crippen LogP contribution in [0.2, 0.25) is 0 Å². The average molecular weight is 243 g/mol. The number of alkyl carbamates (subject to hydrolysis) is 1. The normalized spacial score (nSPS) is 25.5. The van der Waals surface area contributed by atoms with Crippen LogP contribution in [0.5, 0.6) is 0 Å². The molecule has 1 unspecified atom stereocenters. The molecule has 5 nitrogen and oxygen atoms in total. The van der Waals surface area contributed by atoms with Gasteiger partial charge in [-0.2, -0.15) is 13.2 Å². The number of carbonyl (C=O) groups excluding carboxylic acids is 1. The molecule has 16 heavy (non-hydrogen) atoms. The van der Waals surface area contributed by atoms with Gasteiger partial charge in [0.2, 0.25) is 0 Å². The number of ether oxygens (including phenoxy) is 2. The van der Waals surface area contributed by atoms with E-state index in [1.54, 1.807) is 0 Å². The van der Waals surface area contributed by atoms with Gasteiger partial charge in [-0.3, -0.25) is 0 Å². The van der Waals surface area contributed by atoms with E-state index >= 15 is 0 Å². The van der Waals surface area contributed by atoms with Crippen molar-refractivity contribution < 1.29 is 32.5 Å². The Morgan fingerprint density at radius 3 is 2.75 bits per heavy atom. The van der Waals surface area contributed by atoms with Crippen molar-refractivity contribution in [1.29, 1.82) is 0 Å². The quantitative estimate of drug-likeness (QED) is 0.754. The summed E-state index contributed by atoms with van der Waals surface area (Å²) < 4.78 is 43.7. The largest absolute Gasteiger partial charge is 0.440 e. The summed E-state index contributed by atoms with van der Waals surface area (Å²) in [5.41, 5.74) is -1.21. The highest BCUT2D eigenvalue weighted by Gasteiger charge is 2.33. The minimum Gasteiger partial charge on any atom is -0.440 e. The van der Waals surface area contributed by atoms with E-state index < -0.39 is 24.5 Å². The number of nitrogens with one attached hydrogen (secondary N) is 1. The zero-order valence-corrected chi connectivity index (χ0v) is 8.34. The van der Waals surface area contributed by atoms with Crippen LogP contribution in [0.15, 0.2) is 0 Å². The van der Waals surface area contributed by atoms with Gasteiger partial charge in [-0.05, 0) is 0 Å². The molecule has 2 N–H and O–H groups in total. The highest BCUT2D eigenvalue weighted by atomic mass is 19.4. The van der Waals surface area contributed by atoms with Crippen LogP contribution in [0.3, 0.4) is 0 Å². The molecule has 0 aromatic heterocycles. The first-order valence-electron chi connectivity index (χ1n) is 4.58. The van der Waals surface area contributed by atoms with Crippen molar-refractivity contribution in [2.75, 3.05) is 26.4 Å². The highest BCUT2D eigenvalue weighted by Crippen LogP contribution is 2.17. The molecule has 0 aromatic rings. The zero-order chi connectivity index (χ0) is 12.2. The van der Waals surface area contributed by atoms with Crippen LogP contribution >= 0.6 is 0 Å². The van der Waals surface area contributed by atoms with Crippen molar-refractivity contribution >= 4 is 6.09 Å². The first kappa shape index (κ1) is 13.0. The number of hydrogen-bond acceptors (Lipinski definition) is 4. The van der Waals surface area contributed by atoms with Crippen LogP contribution in [0.1, 0.15) is 6.42 Å². The summed E-state index contributed by atoms with van der Waals surface area (Å²) in [6.07, 6.45) is -5.44. The number of amides is 1. The Bertz CT molecular complexity index is 250. The van der Waals surface area contributed by atoms with Crippen LogP contribution in [-0.4, -0.2) is 49.3 Å². The molecule has 1 aliphatic rings. The molecule has 94 valence electrons. The molecule has 0 aliphatic carbocycles. The summed E-state index contributed by atoms with van der Waals surface area (Å²) >= 11 is 0. The number of rotatable bonds is 3. The Morgan fingerprint density at radius 2 is 2.25 bits per heavy atom. The topological polar surface area (TPSA) is 67.8 Å². The lowest BCUT2D eigenvalue weighted by Gasteiger charge is -2.20. The van der Waals surface area contributed by atoms with E-state index in [1.807, 2.05) is 5.32 Å². The summed E-state index contributed by atoms with van der Waals surface area (Å²) in [7, 11) is 0. The third-order valence-electron chi connectivity index (χ3n) is 2.01. The van der Waals surface area contributed by atoms with Crippen molar-refractivity contribution in [3.8, 4) is 0 Å². The lowest BCUT2D eigenvalue weighted by molar-refractivity contribution is -0.160. The second-order valence-corrected chi connectivity index (χ2v) is 3.57. The third-order valence-corrected chi connectivity index (χ3v) is 2.01. The van der Waals surface area contributed by atoms with Crippen LogP contribution < -0.4 is 5.32 Å². The van der Waals surface area contributed by atoms with Crippen LogP contribution in [0.4, 0.5) is 18.0 Å². The molecule has 1 rings (SSSR count). The number of hydrogen-bond donors (Lipinski definition) is 2. The average Bonchev–Trinajstić information content (AvgIpc) is 2.59. The van der Waals surface area contributed by atoms with Gasteiger partial charge in [-0.25, -0.2) is 4.79 Å². The van der Waals surface area contributed by atoms with Gasteiger partial charge in [0.1, 0.15) is 5.60 Å². The van der Waals surface area contributed by atoms with E-state index in [1.165, 1.54) is 0 Å². The third kappa shape index (κ3) is 4.67. The van der Waals surface area contributed by atoms with Gasteiger partial charge in [-0.1, -0.05) is 0 Å². The standard InChI is InChI=1S/C8H12F3NO4/c9-8(10,11)5-16-6(13)12-3-7(14)1-2-15-4-7/h14H,1-5H2,(H,12,13). The van der Waals surface area contributed by atoms with Crippen molar-refractivity contribution in [1.82, 2.24) is 5.32 Å². The molecule has 0 saturated carbocycles. The van der Waals surface area contributed by atoms with Gasteiger partial charge < -0.3 is 19.9 Å². The minimum absolute atomic E-state index is 0.0482. The van der Waals surface area contributed by atoms with Gasteiger partial charge >= 0.3 is 12.3 Å². The van der Waals surface area contributed by atoms with E-state index in [2.05, 4.69) is 4.74 Å². The van der Waals surface area contributed by atoms with E-state index in [9.17, 15) is 23.1 Å². The Hall–Kier alpha value is -1.02. The molecular formula is C8H12F3NO4. The molecule has 0 bridgehead atoms. The summed E-state index contributed by atoms with van der Waals surface area (Å²) in [5, 5.41) is 11.7. The molecule has 8 heteroatoms. The monoisotopic (exact) mass is 243 g/mol. The Labute approximate surface area is 89.5 Å². The van der Waals surface area contributed by atoms with Gasteiger partial charge in [0.15, 0.2) is 6.61 Å². The Morgan fingerprint density at radius 1 is 1.56 bits per heavy atom. The van der Waals surface area contributed by atoms with E-state index in [0.29, 0.717) is 13.0 Å². The predicted octanol–water partition coefficient (Wildman–Crippen LogP) is 0.426. The maximum Gasteiger partial charge on any atom is 0.422 e. The van der Waals surface area contributed by atoms with Crippen molar-refractivity contribution in [2.24, 2.45) is 0 Å². The lowest BCUT2D eigenvalue weighted by Crippen LogP contribution is -2.44. The molecule has 1 amide bonds. The van der Waals surface area contributed by atoms with Crippen molar-refractivity contribution in [3.63, 3.8) is 0 Å². The molecule has 1 saturated heterocycles. The second kappa shape index (κ2) is 4.88. The number of carbonyl (C=O) groups is 1.